The Morgan fingerprint density at radius 1 is 0.600 bits per heavy atom. The Morgan fingerprint density at radius 3 is 1.00 bits per heavy atom. The third-order valence-corrected chi connectivity index (χ3v) is 2.94. The number of rotatable bonds is 2. The predicted octanol–water partition coefficient (Wildman–Crippen LogP) is 5.52. The Labute approximate surface area is 97.8 Å². The maximum atomic E-state index is 2.38. The summed E-state index contributed by atoms with van der Waals surface area (Å²) in [6.45, 7) is 21.3. The Hall–Kier alpha value is 0. The highest BCUT2D eigenvalue weighted by Crippen LogP contribution is 2.42. The van der Waals surface area contributed by atoms with E-state index in [1.807, 2.05) is 0 Å². The summed E-state index contributed by atoms with van der Waals surface area (Å²) in [4.78, 5) is 0. The van der Waals surface area contributed by atoms with Crippen LogP contribution in [0.2, 0.25) is 0 Å². The number of hydrogen-bond donors (Lipinski definition) is 0. The van der Waals surface area contributed by atoms with Gasteiger partial charge in [-0.2, -0.15) is 0 Å². The average Bonchev–Trinajstić information content (AvgIpc) is 1.75. The summed E-state index contributed by atoms with van der Waals surface area (Å²) >= 11 is 0. The van der Waals surface area contributed by atoms with Crippen molar-refractivity contribution in [2.45, 2.75) is 75.2 Å². The Morgan fingerprint density at radius 2 is 0.867 bits per heavy atom. The van der Waals surface area contributed by atoms with Gasteiger partial charge in [0.05, 0.1) is 0 Å². The van der Waals surface area contributed by atoms with Gasteiger partial charge in [0.2, 0.25) is 0 Å². The van der Waals surface area contributed by atoms with Gasteiger partial charge in [-0.3, -0.25) is 0 Å². The topological polar surface area (TPSA) is 0 Å². The van der Waals surface area contributed by atoms with Gasteiger partial charge in [0.15, 0.2) is 0 Å². The second-order valence-corrected chi connectivity index (χ2v) is 8.59. The predicted molar refractivity (Wildman–Crippen MR) is 71.1 cm³/mol. The monoisotopic (exact) mass is 212 g/mol. The molecular weight excluding hydrogens is 180 g/mol. The van der Waals surface area contributed by atoms with Crippen molar-refractivity contribution >= 4 is 0 Å². The SMILES string of the molecule is CC(C)(C)CC(CC(C)(C)C)C(C)(C)C. The van der Waals surface area contributed by atoms with Gasteiger partial charge in [0, 0.05) is 0 Å². The van der Waals surface area contributed by atoms with Crippen LogP contribution in [0.25, 0.3) is 0 Å². The molecule has 0 aliphatic rings. The van der Waals surface area contributed by atoms with E-state index in [0.717, 1.165) is 5.92 Å². The lowest BCUT2D eigenvalue weighted by atomic mass is 9.66. The first-order valence-corrected chi connectivity index (χ1v) is 6.31. The van der Waals surface area contributed by atoms with E-state index < -0.39 is 0 Å². The van der Waals surface area contributed by atoms with Gasteiger partial charge in [-0.05, 0) is 35.0 Å². The normalized spacial score (nSPS) is 14.8. The van der Waals surface area contributed by atoms with Crippen LogP contribution in [0, 0.1) is 22.2 Å². The molecule has 0 aromatic heterocycles. The fourth-order valence-corrected chi connectivity index (χ4v) is 2.16. The Kier molecular flexibility index (Phi) is 4.47. The summed E-state index contributed by atoms with van der Waals surface area (Å²) in [5.74, 6) is 0.817. The molecule has 15 heavy (non-hydrogen) atoms. The van der Waals surface area contributed by atoms with E-state index in [1.54, 1.807) is 0 Å². The minimum absolute atomic E-state index is 0.431. The molecule has 0 saturated heterocycles. The summed E-state index contributed by atoms with van der Waals surface area (Å²) in [7, 11) is 0. The summed E-state index contributed by atoms with van der Waals surface area (Å²) in [6, 6.07) is 0. The molecule has 0 nitrogen and oxygen atoms in total. The highest BCUT2D eigenvalue weighted by Gasteiger charge is 2.31. The number of hydrogen-bond acceptors (Lipinski definition) is 0. The summed E-state index contributed by atoms with van der Waals surface area (Å²) in [5.41, 5.74) is 1.33. The molecule has 0 radical (unpaired) electrons. The Balaban J connectivity index is 4.62. The van der Waals surface area contributed by atoms with Crippen molar-refractivity contribution in [3.8, 4) is 0 Å². The molecule has 0 aliphatic carbocycles. The molecule has 0 unspecified atom stereocenters. The molecule has 0 rings (SSSR count). The lowest BCUT2D eigenvalue weighted by Crippen LogP contribution is -2.29. The lowest BCUT2D eigenvalue weighted by molar-refractivity contribution is 0.115. The third kappa shape index (κ3) is 7.88. The molecule has 0 bridgehead atoms. The van der Waals surface area contributed by atoms with Crippen LogP contribution in [-0.2, 0) is 0 Å². The minimum atomic E-state index is 0.431. The zero-order valence-corrected chi connectivity index (χ0v) is 12.5. The van der Waals surface area contributed by atoms with E-state index in [9.17, 15) is 0 Å². The van der Waals surface area contributed by atoms with E-state index in [1.165, 1.54) is 12.8 Å². The van der Waals surface area contributed by atoms with E-state index in [-0.39, 0.29) is 0 Å². The van der Waals surface area contributed by atoms with E-state index in [2.05, 4.69) is 62.3 Å². The van der Waals surface area contributed by atoms with Crippen molar-refractivity contribution in [2.75, 3.05) is 0 Å². The van der Waals surface area contributed by atoms with Crippen LogP contribution in [0.5, 0.6) is 0 Å². The van der Waals surface area contributed by atoms with Crippen LogP contribution < -0.4 is 0 Å². The van der Waals surface area contributed by atoms with Gasteiger partial charge in [0.25, 0.3) is 0 Å². The van der Waals surface area contributed by atoms with Crippen LogP contribution in [0.1, 0.15) is 75.2 Å². The standard InChI is InChI=1S/C15H32/c1-13(2,3)10-12(15(7,8)9)11-14(4,5)6/h12H,10-11H2,1-9H3. The van der Waals surface area contributed by atoms with E-state index >= 15 is 0 Å². The van der Waals surface area contributed by atoms with Crippen molar-refractivity contribution in [3.05, 3.63) is 0 Å². The summed E-state index contributed by atoms with van der Waals surface area (Å²) in [5, 5.41) is 0. The minimum Gasteiger partial charge on any atom is -0.0602 e. The second-order valence-electron chi connectivity index (χ2n) is 8.59. The molecule has 0 N–H and O–H groups in total. The first-order valence-electron chi connectivity index (χ1n) is 6.31. The van der Waals surface area contributed by atoms with Crippen LogP contribution in [0.4, 0.5) is 0 Å². The average molecular weight is 212 g/mol. The molecular formula is C15H32. The molecule has 0 saturated carbocycles. The van der Waals surface area contributed by atoms with Gasteiger partial charge in [0.1, 0.15) is 0 Å². The van der Waals surface area contributed by atoms with Gasteiger partial charge in [-0.15, -0.1) is 0 Å². The molecule has 0 spiro atoms. The smallest absolute Gasteiger partial charge is 0.0354 e. The highest BCUT2D eigenvalue weighted by atomic mass is 14.4. The zero-order valence-electron chi connectivity index (χ0n) is 12.5. The molecule has 0 aromatic rings. The van der Waals surface area contributed by atoms with Gasteiger partial charge < -0.3 is 0 Å². The van der Waals surface area contributed by atoms with Crippen molar-refractivity contribution in [1.82, 2.24) is 0 Å². The Bertz CT molecular complexity index is 164. The second kappa shape index (κ2) is 4.47. The molecule has 92 valence electrons. The molecule has 0 fully saturated rings. The van der Waals surface area contributed by atoms with Crippen molar-refractivity contribution < 1.29 is 0 Å². The maximum Gasteiger partial charge on any atom is -0.0354 e. The lowest BCUT2D eigenvalue weighted by Gasteiger charge is -2.39. The van der Waals surface area contributed by atoms with E-state index in [4.69, 9.17) is 0 Å². The van der Waals surface area contributed by atoms with E-state index in [0.29, 0.717) is 16.2 Å². The highest BCUT2D eigenvalue weighted by molar-refractivity contribution is 4.82. The molecule has 0 amide bonds. The largest absolute Gasteiger partial charge is 0.0602 e. The quantitative estimate of drug-likeness (QED) is 0.565. The fourth-order valence-electron chi connectivity index (χ4n) is 2.16. The summed E-state index contributed by atoms with van der Waals surface area (Å²) < 4.78 is 0. The van der Waals surface area contributed by atoms with Crippen LogP contribution >= 0.6 is 0 Å². The van der Waals surface area contributed by atoms with Crippen molar-refractivity contribution in [2.24, 2.45) is 22.2 Å². The zero-order chi connectivity index (χ0) is 12.5. The summed E-state index contributed by atoms with van der Waals surface area (Å²) in [6.07, 6.45) is 2.65. The molecule has 0 heteroatoms. The molecule has 0 atom stereocenters. The molecule has 0 heterocycles. The molecule has 0 aliphatic heterocycles. The first-order chi connectivity index (χ1) is 6.31. The van der Waals surface area contributed by atoms with Crippen LogP contribution in [0.3, 0.4) is 0 Å². The van der Waals surface area contributed by atoms with Crippen molar-refractivity contribution in [1.29, 1.82) is 0 Å². The van der Waals surface area contributed by atoms with Crippen molar-refractivity contribution in [3.63, 3.8) is 0 Å². The van der Waals surface area contributed by atoms with Crippen LogP contribution in [0.15, 0.2) is 0 Å². The van der Waals surface area contributed by atoms with Gasteiger partial charge >= 0.3 is 0 Å². The molecule has 0 aromatic carbocycles. The fraction of sp³-hybridized carbons (Fsp3) is 1.00. The van der Waals surface area contributed by atoms with Gasteiger partial charge in [-0.25, -0.2) is 0 Å². The van der Waals surface area contributed by atoms with Crippen LogP contribution in [-0.4, -0.2) is 0 Å². The maximum absolute atomic E-state index is 2.38. The van der Waals surface area contributed by atoms with Gasteiger partial charge in [-0.1, -0.05) is 62.3 Å². The first kappa shape index (κ1) is 15.0. The third-order valence-electron chi connectivity index (χ3n) is 2.94.